The molecule has 0 radical (unpaired) electrons. The Balaban J connectivity index is 2.55. The van der Waals surface area contributed by atoms with Gasteiger partial charge in [0.1, 0.15) is 5.76 Å². The highest BCUT2D eigenvalue weighted by atomic mass is 31.2. The first-order valence-electron chi connectivity index (χ1n) is 9.43. The fraction of sp³-hybridized carbons (Fsp3) is 0.579. The summed E-state index contributed by atoms with van der Waals surface area (Å²) in [6.07, 6.45) is 0.419. The van der Waals surface area contributed by atoms with Crippen LogP contribution in [-0.4, -0.2) is 36.0 Å². The van der Waals surface area contributed by atoms with Gasteiger partial charge in [0.15, 0.2) is 0 Å². The monoisotopic (exact) mass is 412 g/mol. The largest absolute Gasteiger partial charge is 0.460 e. The predicted molar refractivity (Wildman–Crippen MR) is 105 cm³/mol. The highest BCUT2D eigenvalue weighted by molar-refractivity contribution is 7.53. The number of hydrogen-bond donors (Lipinski definition) is 1. The number of carbonyl (C=O) groups is 1. The van der Waals surface area contributed by atoms with Gasteiger partial charge in [0.25, 0.3) is 0 Å². The number of esters is 1. The third kappa shape index (κ3) is 4.93. The van der Waals surface area contributed by atoms with Crippen molar-refractivity contribution in [2.75, 3.05) is 19.8 Å². The van der Waals surface area contributed by atoms with Gasteiger partial charge in [-0.25, -0.2) is 4.79 Å². The molecule has 28 heavy (non-hydrogen) atoms. The van der Waals surface area contributed by atoms with Crippen LogP contribution in [0.1, 0.15) is 65.2 Å². The molecule has 0 fully saturated rings. The summed E-state index contributed by atoms with van der Waals surface area (Å²) >= 11 is 0. The zero-order chi connectivity index (χ0) is 20.9. The number of nitrogens with zero attached hydrogens (tertiary/aromatic N) is 1. The fourth-order valence-corrected chi connectivity index (χ4v) is 4.88. The Hall–Kier alpha value is -1.89. The quantitative estimate of drug-likeness (QED) is 0.454. The van der Waals surface area contributed by atoms with Crippen LogP contribution < -0.4 is 0 Å². The van der Waals surface area contributed by atoms with Crippen LogP contribution in [0, 0.1) is 20.8 Å². The summed E-state index contributed by atoms with van der Waals surface area (Å²) in [5, 5.41) is 7.18. The molecular weight excluding hydrogens is 383 g/mol. The number of aromatic nitrogens is 2. The number of aryl methyl sites for hydroxylation is 3. The van der Waals surface area contributed by atoms with Crippen LogP contribution in [0.2, 0.25) is 0 Å². The molecule has 0 aliphatic heterocycles. The Morgan fingerprint density at radius 1 is 1.04 bits per heavy atom. The molecular formula is C19H29N2O6P. The molecule has 0 amide bonds. The molecule has 2 rings (SSSR count). The molecule has 2 heterocycles. The van der Waals surface area contributed by atoms with Gasteiger partial charge in [-0.15, -0.1) is 0 Å². The number of aromatic amines is 1. The molecule has 8 nitrogen and oxygen atoms in total. The number of rotatable bonds is 10. The Kier molecular flexibility index (Phi) is 7.63. The van der Waals surface area contributed by atoms with Crippen LogP contribution in [0.25, 0.3) is 0 Å². The lowest BCUT2D eigenvalue weighted by atomic mass is 10.00. The van der Waals surface area contributed by atoms with Crippen LogP contribution >= 0.6 is 7.60 Å². The number of furan rings is 1. The van der Waals surface area contributed by atoms with Gasteiger partial charge in [0, 0.05) is 28.8 Å². The average molecular weight is 412 g/mol. The van der Waals surface area contributed by atoms with E-state index < -0.39 is 13.6 Å². The first-order chi connectivity index (χ1) is 13.3. The lowest BCUT2D eigenvalue weighted by molar-refractivity contribution is 0.0487. The van der Waals surface area contributed by atoms with Crippen molar-refractivity contribution in [3.05, 3.63) is 39.6 Å². The topological polar surface area (TPSA) is 104 Å². The van der Waals surface area contributed by atoms with E-state index in [4.69, 9.17) is 18.2 Å². The molecule has 2 aromatic rings. The molecule has 9 heteroatoms. The van der Waals surface area contributed by atoms with E-state index in [-0.39, 0.29) is 31.7 Å². The molecule has 0 saturated heterocycles. The SMILES string of the molecule is CCOC(=O)c1oc(C)c(Cc2c(C)n[nH]c2C)c1CP(=O)(OCC)OCC. The maximum atomic E-state index is 13.2. The molecule has 1 N–H and O–H groups in total. The van der Waals surface area contributed by atoms with Crippen molar-refractivity contribution in [2.24, 2.45) is 0 Å². The zero-order valence-corrected chi connectivity index (χ0v) is 18.3. The number of H-pyrrole nitrogens is 1. The van der Waals surface area contributed by atoms with E-state index in [0.29, 0.717) is 17.7 Å². The van der Waals surface area contributed by atoms with Crippen LogP contribution in [0.15, 0.2) is 4.42 Å². The van der Waals surface area contributed by atoms with Crippen molar-refractivity contribution in [1.29, 1.82) is 0 Å². The zero-order valence-electron chi connectivity index (χ0n) is 17.4. The smallest absolute Gasteiger partial charge is 0.374 e. The highest BCUT2D eigenvalue weighted by Crippen LogP contribution is 2.53. The molecule has 0 aliphatic carbocycles. The molecule has 0 unspecified atom stereocenters. The molecule has 156 valence electrons. The molecule has 0 atom stereocenters. The van der Waals surface area contributed by atoms with E-state index in [0.717, 1.165) is 22.5 Å². The van der Waals surface area contributed by atoms with Gasteiger partial charge in [-0.3, -0.25) is 9.66 Å². The molecule has 2 aromatic heterocycles. The van der Waals surface area contributed by atoms with Gasteiger partial charge < -0.3 is 18.2 Å². The predicted octanol–water partition coefficient (Wildman–Crippen LogP) is 4.46. The summed E-state index contributed by atoms with van der Waals surface area (Å²) in [6.45, 7) is 11.5. The van der Waals surface area contributed by atoms with Crippen LogP contribution in [-0.2, 0) is 30.9 Å². The van der Waals surface area contributed by atoms with E-state index in [9.17, 15) is 9.36 Å². The summed E-state index contributed by atoms with van der Waals surface area (Å²) in [7, 11) is -3.45. The van der Waals surface area contributed by atoms with Crippen molar-refractivity contribution in [1.82, 2.24) is 10.2 Å². The standard InChI is InChI=1S/C19H29N2O6P/c1-7-24-19(22)18-17(11-28(23,25-8-2)26-9-3)16(14(6)27-18)10-15-12(4)20-21-13(15)5/h7-11H2,1-6H3,(H,20,21). The van der Waals surface area contributed by atoms with Gasteiger partial charge in [-0.1, -0.05) is 0 Å². The molecule has 0 aliphatic rings. The second kappa shape index (κ2) is 9.54. The van der Waals surface area contributed by atoms with Crippen molar-refractivity contribution < 1.29 is 27.6 Å². The summed E-state index contributed by atoms with van der Waals surface area (Å²) in [5.74, 6) is 0.0254. The minimum atomic E-state index is -3.45. The third-order valence-corrected chi connectivity index (χ3v) is 6.42. The van der Waals surface area contributed by atoms with E-state index in [1.165, 1.54) is 0 Å². The normalized spacial score (nSPS) is 11.8. The number of hydrogen-bond acceptors (Lipinski definition) is 7. The first-order valence-corrected chi connectivity index (χ1v) is 11.2. The number of ether oxygens (including phenoxy) is 1. The van der Waals surface area contributed by atoms with Crippen molar-refractivity contribution in [3.8, 4) is 0 Å². The summed E-state index contributed by atoms with van der Waals surface area (Å²) in [4.78, 5) is 12.5. The Morgan fingerprint density at radius 2 is 1.68 bits per heavy atom. The Bertz CT molecular complexity index is 841. The Labute approximate surface area is 165 Å². The second-order valence-corrected chi connectivity index (χ2v) is 8.41. The Morgan fingerprint density at radius 3 is 2.18 bits per heavy atom. The first kappa shape index (κ1) is 22.4. The third-order valence-electron chi connectivity index (χ3n) is 4.42. The minimum absolute atomic E-state index is 0.0489. The van der Waals surface area contributed by atoms with Gasteiger partial charge in [0.2, 0.25) is 5.76 Å². The van der Waals surface area contributed by atoms with E-state index >= 15 is 0 Å². The average Bonchev–Trinajstić information content (AvgIpc) is 3.10. The van der Waals surface area contributed by atoms with E-state index in [2.05, 4.69) is 10.2 Å². The van der Waals surface area contributed by atoms with E-state index in [1.54, 1.807) is 27.7 Å². The van der Waals surface area contributed by atoms with Crippen molar-refractivity contribution in [3.63, 3.8) is 0 Å². The van der Waals surface area contributed by atoms with Crippen LogP contribution in [0.3, 0.4) is 0 Å². The van der Waals surface area contributed by atoms with Gasteiger partial charge in [0.05, 0.1) is 31.7 Å². The second-order valence-electron chi connectivity index (χ2n) is 6.36. The number of nitrogens with one attached hydrogen (secondary N) is 1. The molecule has 0 bridgehead atoms. The maximum absolute atomic E-state index is 13.2. The minimum Gasteiger partial charge on any atom is -0.460 e. The molecule has 0 saturated carbocycles. The van der Waals surface area contributed by atoms with Gasteiger partial charge in [-0.2, -0.15) is 5.10 Å². The summed E-state index contributed by atoms with van der Waals surface area (Å²) in [5.41, 5.74) is 4.07. The number of carbonyl (C=O) groups excluding carboxylic acids is 1. The summed E-state index contributed by atoms with van der Waals surface area (Å²) < 4.78 is 34.9. The van der Waals surface area contributed by atoms with Crippen LogP contribution in [0.5, 0.6) is 0 Å². The van der Waals surface area contributed by atoms with Gasteiger partial charge >= 0.3 is 13.6 Å². The van der Waals surface area contributed by atoms with Crippen molar-refractivity contribution in [2.45, 2.75) is 54.1 Å². The highest BCUT2D eigenvalue weighted by Gasteiger charge is 2.33. The lowest BCUT2D eigenvalue weighted by Crippen LogP contribution is -2.09. The maximum Gasteiger partial charge on any atom is 0.374 e. The molecule has 0 aromatic carbocycles. The van der Waals surface area contributed by atoms with Crippen molar-refractivity contribution >= 4 is 13.6 Å². The fourth-order valence-electron chi connectivity index (χ4n) is 3.11. The van der Waals surface area contributed by atoms with Crippen LogP contribution in [0.4, 0.5) is 0 Å². The molecule has 0 spiro atoms. The summed E-state index contributed by atoms with van der Waals surface area (Å²) in [6, 6.07) is 0. The van der Waals surface area contributed by atoms with Gasteiger partial charge in [-0.05, 0) is 41.5 Å². The lowest BCUT2D eigenvalue weighted by Gasteiger charge is -2.17. The van der Waals surface area contributed by atoms with E-state index in [1.807, 2.05) is 13.8 Å².